The number of aliphatic carboxylic acids is 1. The highest BCUT2D eigenvalue weighted by Gasteiger charge is 2.38. The van der Waals surface area contributed by atoms with Crippen molar-refractivity contribution >= 4 is 23.5 Å². The Balaban J connectivity index is 1.98. The van der Waals surface area contributed by atoms with Crippen molar-refractivity contribution in [2.24, 2.45) is 0 Å². The van der Waals surface area contributed by atoms with Crippen molar-refractivity contribution in [3.05, 3.63) is 34.9 Å². The van der Waals surface area contributed by atoms with E-state index in [4.69, 9.17) is 16.7 Å². The summed E-state index contributed by atoms with van der Waals surface area (Å²) in [5.41, 5.74) is 0.856. The van der Waals surface area contributed by atoms with Gasteiger partial charge >= 0.3 is 5.97 Å². The molecular weight excluding hydrogens is 282 g/mol. The SMILES string of the molecule is O=C(O)[C@@H]1C[C@@H](O)CN1C(=O)CCc1ccccc1Cl. The minimum atomic E-state index is -1.08. The van der Waals surface area contributed by atoms with E-state index >= 15 is 0 Å². The average Bonchev–Trinajstić information content (AvgIpc) is 2.80. The van der Waals surface area contributed by atoms with Crippen molar-refractivity contribution in [1.82, 2.24) is 4.90 Å². The molecule has 108 valence electrons. The monoisotopic (exact) mass is 297 g/mol. The molecule has 1 amide bonds. The van der Waals surface area contributed by atoms with Gasteiger partial charge < -0.3 is 15.1 Å². The summed E-state index contributed by atoms with van der Waals surface area (Å²) in [5.74, 6) is -1.35. The van der Waals surface area contributed by atoms with Crippen LogP contribution in [-0.2, 0) is 16.0 Å². The molecule has 2 N–H and O–H groups in total. The summed E-state index contributed by atoms with van der Waals surface area (Å²) in [6.45, 7) is 0.0817. The Morgan fingerprint density at radius 3 is 2.70 bits per heavy atom. The Hall–Kier alpha value is -1.59. The average molecular weight is 298 g/mol. The first-order valence-corrected chi connectivity index (χ1v) is 6.80. The molecule has 0 spiro atoms. The summed E-state index contributed by atoms with van der Waals surface area (Å²) in [6.07, 6.45) is -0.0365. The second kappa shape index (κ2) is 6.24. The number of amides is 1. The molecule has 1 aromatic rings. The molecule has 1 heterocycles. The summed E-state index contributed by atoms with van der Waals surface area (Å²) in [4.78, 5) is 24.4. The van der Waals surface area contributed by atoms with Crippen LogP contribution in [0.4, 0.5) is 0 Å². The number of carbonyl (C=O) groups is 2. The van der Waals surface area contributed by atoms with Crippen LogP contribution in [0, 0.1) is 0 Å². The first kappa shape index (κ1) is 14.8. The Bertz CT molecular complexity index is 520. The largest absolute Gasteiger partial charge is 0.480 e. The van der Waals surface area contributed by atoms with Gasteiger partial charge in [0.1, 0.15) is 6.04 Å². The summed E-state index contributed by atoms with van der Waals surface area (Å²) in [6, 6.07) is 6.31. The van der Waals surface area contributed by atoms with Crippen molar-refractivity contribution in [3.63, 3.8) is 0 Å². The van der Waals surface area contributed by atoms with Crippen LogP contribution in [0.2, 0.25) is 5.02 Å². The van der Waals surface area contributed by atoms with Crippen molar-refractivity contribution in [3.8, 4) is 0 Å². The van der Waals surface area contributed by atoms with E-state index in [0.29, 0.717) is 11.4 Å². The highest BCUT2D eigenvalue weighted by atomic mass is 35.5. The van der Waals surface area contributed by atoms with E-state index in [2.05, 4.69) is 0 Å². The van der Waals surface area contributed by atoms with E-state index in [1.165, 1.54) is 4.90 Å². The number of carboxylic acid groups (broad SMARTS) is 1. The van der Waals surface area contributed by atoms with Crippen molar-refractivity contribution in [2.75, 3.05) is 6.54 Å². The summed E-state index contributed by atoms with van der Waals surface area (Å²) in [5, 5.41) is 19.2. The lowest BCUT2D eigenvalue weighted by molar-refractivity contribution is -0.148. The molecule has 1 fully saturated rings. The topological polar surface area (TPSA) is 77.8 Å². The number of halogens is 1. The fourth-order valence-corrected chi connectivity index (χ4v) is 2.64. The van der Waals surface area contributed by atoms with E-state index in [0.717, 1.165) is 5.56 Å². The number of hydrogen-bond acceptors (Lipinski definition) is 3. The first-order chi connectivity index (χ1) is 9.49. The third-order valence-corrected chi connectivity index (χ3v) is 3.82. The van der Waals surface area contributed by atoms with Gasteiger partial charge in [0.05, 0.1) is 6.10 Å². The zero-order valence-corrected chi connectivity index (χ0v) is 11.6. The number of benzene rings is 1. The normalized spacial score (nSPS) is 22.0. The molecule has 2 atom stereocenters. The maximum Gasteiger partial charge on any atom is 0.326 e. The van der Waals surface area contributed by atoms with Crippen LogP contribution in [-0.4, -0.2) is 45.7 Å². The van der Waals surface area contributed by atoms with Crippen LogP contribution in [0.15, 0.2) is 24.3 Å². The van der Waals surface area contributed by atoms with Gasteiger partial charge in [-0.1, -0.05) is 29.8 Å². The molecule has 1 aromatic carbocycles. The van der Waals surface area contributed by atoms with Crippen molar-refractivity contribution < 1.29 is 19.8 Å². The molecule has 0 aromatic heterocycles. The Kier molecular flexibility index (Phi) is 4.62. The molecule has 0 bridgehead atoms. The predicted molar refractivity (Wildman–Crippen MR) is 73.5 cm³/mol. The number of hydrogen-bond donors (Lipinski definition) is 2. The van der Waals surface area contributed by atoms with Gasteiger partial charge in [-0.25, -0.2) is 4.79 Å². The van der Waals surface area contributed by atoms with Crippen molar-refractivity contribution in [2.45, 2.75) is 31.4 Å². The molecule has 6 heteroatoms. The summed E-state index contributed by atoms with van der Waals surface area (Å²) >= 11 is 6.01. The molecule has 0 saturated carbocycles. The van der Waals surface area contributed by atoms with Crippen LogP contribution in [0.25, 0.3) is 0 Å². The Morgan fingerprint density at radius 2 is 2.05 bits per heavy atom. The van der Waals surface area contributed by atoms with Crippen LogP contribution in [0.3, 0.4) is 0 Å². The third kappa shape index (κ3) is 3.29. The smallest absolute Gasteiger partial charge is 0.326 e. The lowest BCUT2D eigenvalue weighted by Crippen LogP contribution is -2.40. The quantitative estimate of drug-likeness (QED) is 0.878. The standard InChI is InChI=1S/C14H16ClNO4/c15-11-4-2-1-3-9(11)5-6-13(18)16-8-10(17)7-12(16)14(19)20/h1-4,10,12,17H,5-8H2,(H,19,20)/t10-,12+/m1/s1. The van der Waals surface area contributed by atoms with Gasteiger partial charge in [0.15, 0.2) is 0 Å². The fraction of sp³-hybridized carbons (Fsp3) is 0.429. The van der Waals surface area contributed by atoms with Gasteiger partial charge in [-0.2, -0.15) is 0 Å². The van der Waals surface area contributed by atoms with E-state index < -0.39 is 18.1 Å². The first-order valence-electron chi connectivity index (χ1n) is 6.42. The molecule has 5 nitrogen and oxygen atoms in total. The van der Waals surface area contributed by atoms with Gasteiger partial charge in [-0.3, -0.25) is 4.79 Å². The molecule has 0 unspecified atom stereocenters. The molecule has 1 aliphatic heterocycles. The third-order valence-electron chi connectivity index (χ3n) is 3.45. The number of nitrogens with zero attached hydrogens (tertiary/aromatic N) is 1. The van der Waals surface area contributed by atoms with E-state index in [9.17, 15) is 14.7 Å². The summed E-state index contributed by atoms with van der Waals surface area (Å²) < 4.78 is 0. The molecule has 1 aliphatic rings. The Labute approximate surface area is 121 Å². The van der Waals surface area contributed by atoms with Gasteiger partial charge in [0.25, 0.3) is 0 Å². The zero-order valence-electron chi connectivity index (χ0n) is 10.8. The van der Waals surface area contributed by atoms with Gasteiger partial charge in [-0.05, 0) is 18.1 Å². The lowest BCUT2D eigenvalue weighted by Gasteiger charge is -2.21. The number of rotatable bonds is 4. The number of aliphatic hydroxyl groups excluding tert-OH is 1. The number of carboxylic acids is 1. The molecule has 2 rings (SSSR count). The number of carbonyl (C=O) groups excluding carboxylic acids is 1. The molecule has 20 heavy (non-hydrogen) atoms. The molecule has 0 radical (unpaired) electrons. The van der Waals surface area contributed by atoms with E-state index in [-0.39, 0.29) is 25.3 Å². The lowest BCUT2D eigenvalue weighted by atomic mass is 10.1. The fourth-order valence-electron chi connectivity index (χ4n) is 2.41. The Morgan fingerprint density at radius 1 is 1.35 bits per heavy atom. The number of likely N-dealkylation sites (tertiary alicyclic amines) is 1. The number of β-amino-alcohol motifs (C(OH)–C–C–N with tert-alkyl or cyclic N) is 1. The van der Waals surface area contributed by atoms with Gasteiger partial charge in [0.2, 0.25) is 5.91 Å². The molecule has 0 aliphatic carbocycles. The highest BCUT2D eigenvalue weighted by Crippen LogP contribution is 2.21. The second-order valence-electron chi connectivity index (χ2n) is 4.88. The minimum absolute atomic E-state index is 0.0817. The molecular formula is C14H16ClNO4. The molecule has 1 saturated heterocycles. The van der Waals surface area contributed by atoms with Crippen LogP contribution in [0.1, 0.15) is 18.4 Å². The number of aryl methyl sites for hydroxylation is 1. The number of aliphatic hydroxyl groups is 1. The van der Waals surface area contributed by atoms with E-state index in [1.54, 1.807) is 6.07 Å². The van der Waals surface area contributed by atoms with Gasteiger partial charge in [-0.15, -0.1) is 0 Å². The maximum absolute atomic E-state index is 12.1. The van der Waals surface area contributed by atoms with E-state index in [1.807, 2.05) is 18.2 Å². The second-order valence-corrected chi connectivity index (χ2v) is 5.29. The van der Waals surface area contributed by atoms with Crippen LogP contribution >= 0.6 is 11.6 Å². The minimum Gasteiger partial charge on any atom is -0.480 e. The summed E-state index contributed by atoms with van der Waals surface area (Å²) in [7, 11) is 0. The zero-order chi connectivity index (χ0) is 14.7. The highest BCUT2D eigenvalue weighted by molar-refractivity contribution is 6.31. The van der Waals surface area contributed by atoms with Crippen molar-refractivity contribution in [1.29, 1.82) is 0 Å². The predicted octanol–water partition coefficient (Wildman–Crippen LogP) is 1.32. The maximum atomic E-state index is 12.1. The van der Waals surface area contributed by atoms with Crippen LogP contribution < -0.4 is 0 Å². The van der Waals surface area contributed by atoms with Gasteiger partial charge in [0, 0.05) is 24.4 Å². The van der Waals surface area contributed by atoms with Crippen LogP contribution in [0.5, 0.6) is 0 Å².